The minimum absolute atomic E-state index is 0.241. The third kappa shape index (κ3) is 1.77. The van der Waals surface area contributed by atoms with Gasteiger partial charge in [0, 0.05) is 26.2 Å². The van der Waals surface area contributed by atoms with Crippen molar-refractivity contribution in [2.24, 2.45) is 4.99 Å². The molecule has 0 unspecified atom stereocenters. The summed E-state index contributed by atoms with van der Waals surface area (Å²) < 4.78 is 5.66. The van der Waals surface area contributed by atoms with Gasteiger partial charge >= 0.3 is 0 Å². The molecule has 2 atom stereocenters. The van der Waals surface area contributed by atoms with Crippen molar-refractivity contribution in [3.8, 4) is 0 Å². The zero-order valence-electron chi connectivity index (χ0n) is 8.29. The van der Waals surface area contributed by atoms with Gasteiger partial charge in [0.1, 0.15) is 6.10 Å². The standard InChI is InChI=1S/C9H17N3O/c1-7-8(2)13-9(11-7)12-5-3-10-4-6-12/h7-8,10H,3-6H2,1-2H3/t7-,8-/m0/s1. The summed E-state index contributed by atoms with van der Waals surface area (Å²) in [7, 11) is 0. The fourth-order valence-electron chi connectivity index (χ4n) is 1.59. The average Bonchev–Trinajstić information content (AvgIpc) is 2.49. The van der Waals surface area contributed by atoms with Gasteiger partial charge in [0.25, 0.3) is 6.02 Å². The van der Waals surface area contributed by atoms with Crippen LogP contribution in [-0.4, -0.2) is 49.2 Å². The van der Waals surface area contributed by atoms with E-state index < -0.39 is 0 Å². The summed E-state index contributed by atoms with van der Waals surface area (Å²) in [6.45, 7) is 8.26. The molecule has 13 heavy (non-hydrogen) atoms. The van der Waals surface area contributed by atoms with E-state index in [1.807, 2.05) is 0 Å². The van der Waals surface area contributed by atoms with Crippen LogP contribution in [0.2, 0.25) is 0 Å². The molecule has 2 heterocycles. The molecular formula is C9H17N3O. The van der Waals surface area contributed by atoms with E-state index >= 15 is 0 Å². The van der Waals surface area contributed by atoms with Gasteiger partial charge in [-0.05, 0) is 13.8 Å². The van der Waals surface area contributed by atoms with E-state index in [0.29, 0.717) is 6.04 Å². The Morgan fingerprint density at radius 3 is 2.62 bits per heavy atom. The average molecular weight is 183 g/mol. The second-order valence-corrected chi connectivity index (χ2v) is 3.71. The highest BCUT2D eigenvalue weighted by Gasteiger charge is 2.27. The summed E-state index contributed by atoms with van der Waals surface area (Å²) in [5.41, 5.74) is 0. The first-order valence-electron chi connectivity index (χ1n) is 4.97. The Balaban J connectivity index is 1.97. The Labute approximate surface area is 79.0 Å². The Kier molecular flexibility index (Phi) is 2.40. The van der Waals surface area contributed by atoms with Gasteiger partial charge in [-0.15, -0.1) is 0 Å². The van der Waals surface area contributed by atoms with Crippen molar-refractivity contribution in [2.45, 2.75) is 26.0 Å². The van der Waals surface area contributed by atoms with Gasteiger partial charge < -0.3 is 15.0 Å². The van der Waals surface area contributed by atoms with Crippen LogP contribution in [0.5, 0.6) is 0 Å². The van der Waals surface area contributed by atoms with Gasteiger partial charge in [0.15, 0.2) is 0 Å². The minimum Gasteiger partial charge on any atom is -0.460 e. The molecule has 2 aliphatic rings. The Hall–Kier alpha value is -0.770. The van der Waals surface area contributed by atoms with Crippen LogP contribution in [0.3, 0.4) is 0 Å². The van der Waals surface area contributed by atoms with Gasteiger partial charge in [0.05, 0.1) is 6.04 Å². The van der Waals surface area contributed by atoms with Gasteiger partial charge in [-0.2, -0.15) is 0 Å². The molecule has 0 aromatic heterocycles. The molecule has 0 bridgehead atoms. The van der Waals surface area contributed by atoms with Gasteiger partial charge in [-0.25, -0.2) is 4.99 Å². The van der Waals surface area contributed by atoms with Crippen molar-refractivity contribution in [1.82, 2.24) is 10.2 Å². The maximum atomic E-state index is 5.66. The molecule has 0 aliphatic carbocycles. The SMILES string of the molecule is C[C@@H]1N=C(N2CCNCC2)O[C@H]1C. The Bertz CT molecular complexity index is 211. The molecule has 0 radical (unpaired) electrons. The number of aliphatic imine (C=N–C) groups is 1. The second kappa shape index (κ2) is 3.54. The lowest BCUT2D eigenvalue weighted by Crippen LogP contribution is -2.46. The van der Waals surface area contributed by atoms with Crippen LogP contribution in [-0.2, 0) is 4.74 Å². The third-order valence-corrected chi connectivity index (χ3v) is 2.67. The second-order valence-electron chi connectivity index (χ2n) is 3.71. The van der Waals surface area contributed by atoms with E-state index in [2.05, 4.69) is 29.1 Å². The van der Waals surface area contributed by atoms with Crippen molar-refractivity contribution in [1.29, 1.82) is 0 Å². The summed E-state index contributed by atoms with van der Waals surface area (Å²) >= 11 is 0. The first-order valence-corrected chi connectivity index (χ1v) is 4.97. The summed E-state index contributed by atoms with van der Waals surface area (Å²) in [4.78, 5) is 6.70. The summed E-state index contributed by atoms with van der Waals surface area (Å²) in [5.74, 6) is 0. The summed E-state index contributed by atoms with van der Waals surface area (Å²) in [6, 6.07) is 1.16. The lowest BCUT2D eigenvalue weighted by molar-refractivity contribution is 0.174. The van der Waals surface area contributed by atoms with E-state index in [9.17, 15) is 0 Å². The molecule has 0 spiro atoms. The molecule has 0 aromatic carbocycles. The molecule has 2 rings (SSSR count). The number of hydrogen-bond acceptors (Lipinski definition) is 4. The smallest absolute Gasteiger partial charge is 0.288 e. The lowest BCUT2D eigenvalue weighted by atomic mass is 10.2. The normalized spacial score (nSPS) is 34.3. The van der Waals surface area contributed by atoms with E-state index in [1.54, 1.807) is 0 Å². The van der Waals surface area contributed by atoms with Crippen molar-refractivity contribution in [2.75, 3.05) is 26.2 Å². The number of hydrogen-bond donors (Lipinski definition) is 1. The number of ether oxygens (including phenoxy) is 1. The predicted molar refractivity (Wildman–Crippen MR) is 51.9 cm³/mol. The molecule has 0 saturated carbocycles. The van der Waals surface area contributed by atoms with Gasteiger partial charge in [0.2, 0.25) is 0 Å². The molecule has 2 aliphatic heterocycles. The zero-order valence-corrected chi connectivity index (χ0v) is 8.29. The summed E-state index contributed by atoms with van der Waals surface area (Å²) in [6.07, 6.45) is 0.241. The molecule has 1 fully saturated rings. The molecule has 74 valence electrons. The Morgan fingerprint density at radius 2 is 2.08 bits per heavy atom. The fraction of sp³-hybridized carbons (Fsp3) is 0.889. The van der Waals surface area contributed by atoms with Crippen molar-refractivity contribution < 1.29 is 4.74 Å². The molecule has 0 aromatic rings. The van der Waals surface area contributed by atoms with Crippen LogP contribution in [0.25, 0.3) is 0 Å². The zero-order chi connectivity index (χ0) is 9.26. The predicted octanol–water partition coefficient (Wildman–Crippen LogP) is 0.0548. The molecule has 1 saturated heterocycles. The van der Waals surface area contributed by atoms with Gasteiger partial charge in [-0.3, -0.25) is 0 Å². The highest BCUT2D eigenvalue weighted by atomic mass is 16.5. The fourth-order valence-corrected chi connectivity index (χ4v) is 1.59. The number of piperazine rings is 1. The first kappa shape index (κ1) is 8.81. The van der Waals surface area contributed by atoms with Crippen LogP contribution in [0.4, 0.5) is 0 Å². The number of nitrogens with zero attached hydrogens (tertiary/aromatic N) is 2. The molecule has 1 N–H and O–H groups in total. The monoisotopic (exact) mass is 183 g/mol. The van der Waals surface area contributed by atoms with Crippen molar-refractivity contribution in [3.05, 3.63) is 0 Å². The van der Waals surface area contributed by atoms with E-state index in [0.717, 1.165) is 32.2 Å². The van der Waals surface area contributed by atoms with Crippen LogP contribution in [0, 0.1) is 0 Å². The third-order valence-electron chi connectivity index (χ3n) is 2.67. The maximum Gasteiger partial charge on any atom is 0.288 e. The highest BCUT2D eigenvalue weighted by molar-refractivity contribution is 5.76. The largest absolute Gasteiger partial charge is 0.460 e. The molecule has 4 nitrogen and oxygen atoms in total. The van der Waals surface area contributed by atoms with Crippen molar-refractivity contribution >= 4 is 6.02 Å². The topological polar surface area (TPSA) is 36.9 Å². The first-order chi connectivity index (χ1) is 6.27. The number of rotatable bonds is 0. The molecule has 4 heteroatoms. The van der Waals surface area contributed by atoms with Crippen LogP contribution in [0.1, 0.15) is 13.8 Å². The quantitative estimate of drug-likeness (QED) is 0.577. The lowest BCUT2D eigenvalue weighted by Gasteiger charge is -2.28. The van der Waals surface area contributed by atoms with E-state index in [-0.39, 0.29) is 6.10 Å². The maximum absolute atomic E-state index is 5.66. The van der Waals surface area contributed by atoms with E-state index in [4.69, 9.17) is 4.74 Å². The number of nitrogens with one attached hydrogen (secondary N) is 1. The molecule has 0 amide bonds. The van der Waals surface area contributed by atoms with Crippen LogP contribution < -0.4 is 5.32 Å². The van der Waals surface area contributed by atoms with Crippen molar-refractivity contribution in [3.63, 3.8) is 0 Å². The number of amidine groups is 1. The summed E-state index contributed by atoms with van der Waals surface area (Å²) in [5, 5.41) is 3.31. The Morgan fingerprint density at radius 1 is 1.38 bits per heavy atom. The highest BCUT2D eigenvalue weighted by Crippen LogP contribution is 2.14. The van der Waals surface area contributed by atoms with Crippen LogP contribution >= 0.6 is 0 Å². The van der Waals surface area contributed by atoms with E-state index in [1.165, 1.54) is 0 Å². The minimum atomic E-state index is 0.241. The van der Waals surface area contributed by atoms with Crippen LogP contribution in [0.15, 0.2) is 4.99 Å². The van der Waals surface area contributed by atoms with Gasteiger partial charge in [-0.1, -0.05) is 0 Å². The molecular weight excluding hydrogens is 166 g/mol.